The highest BCUT2D eigenvalue weighted by atomic mass is 32.2. The van der Waals surface area contributed by atoms with Gasteiger partial charge in [0.1, 0.15) is 11.6 Å². The molecule has 1 aliphatic carbocycles. The van der Waals surface area contributed by atoms with Gasteiger partial charge in [0.2, 0.25) is 0 Å². The minimum absolute atomic E-state index is 0.0476. The molecule has 0 aromatic carbocycles. The smallest absolute Gasteiger partial charge is 0.255 e. The van der Waals surface area contributed by atoms with Crippen LogP contribution in [0.3, 0.4) is 0 Å². The maximum Gasteiger partial charge on any atom is 0.255 e. The van der Waals surface area contributed by atoms with Crippen molar-refractivity contribution in [1.82, 2.24) is 0 Å². The Bertz CT molecular complexity index is 506. The number of amides is 1. The summed E-state index contributed by atoms with van der Waals surface area (Å²) in [6.07, 6.45) is 2.29. The monoisotopic (exact) mass is 327 g/mol. The van der Waals surface area contributed by atoms with Gasteiger partial charge in [-0.2, -0.15) is 4.99 Å². The van der Waals surface area contributed by atoms with Gasteiger partial charge >= 0.3 is 0 Å². The third-order valence-corrected chi connectivity index (χ3v) is 4.80. The van der Waals surface area contributed by atoms with Crippen molar-refractivity contribution in [2.24, 2.45) is 21.6 Å². The van der Waals surface area contributed by atoms with E-state index in [1.54, 1.807) is 14.2 Å². The molecule has 0 spiro atoms. The molecule has 2 aliphatic rings. The number of methoxy groups -OCH3 is 2. The number of Topliss-reactive ketones (excluding diaryl/α,β-unsaturated/α-hetero) is 1. The molecule has 1 fully saturated rings. The molecule has 0 aromatic rings. The van der Waals surface area contributed by atoms with E-state index in [9.17, 15) is 9.59 Å². The number of carbonyl (C=O) groups is 2. The molecule has 1 aliphatic heterocycles. The Hall–Kier alpha value is -1.25. The van der Waals surface area contributed by atoms with Crippen molar-refractivity contribution in [2.75, 3.05) is 20.0 Å². The van der Waals surface area contributed by atoms with Crippen LogP contribution in [-0.2, 0) is 19.1 Å². The minimum atomic E-state index is -0.317. The summed E-state index contributed by atoms with van der Waals surface area (Å²) in [6, 6.07) is 0. The van der Waals surface area contributed by atoms with Gasteiger partial charge in [-0.25, -0.2) is 4.99 Å². The second-order valence-corrected chi connectivity index (χ2v) is 6.32. The number of aliphatic imine (C=N–C) groups is 2. The number of nitrogens with two attached hydrogens (primary N) is 1. The van der Waals surface area contributed by atoms with Gasteiger partial charge in [0.15, 0.2) is 5.17 Å². The lowest BCUT2D eigenvalue weighted by Crippen LogP contribution is -2.39. The highest BCUT2D eigenvalue weighted by molar-refractivity contribution is 8.14. The Balaban J connectivity index is 1.86. The van der Waals surface area contributed by atoms with Crippen molar-refractivity contribution in [3.63, 3.8) is 0 Å². The number of ether oxygens (including phenoxy) is 2. The van der Waals surface area contributed by atoms with E-state index in [-0.39, 0.29) is 53.0 Å². The van der Waals surface area contributed by atoms with Crippen LogP contribution in [0, 0.1) is 5.92 Å². The topological polar surface area (TPSA) is 103 Å². The molecule has 1 heterocycles. The second-order valence-electron chi connectivity index (χ2n) is 5.38. The highest BCUT2D eigenvalue weighted by Gasteiger charge is 2.34. The summed E-state index contributed by atoms with van der Waals surface area (Å²) in [5.74, 6) is 0.237. The van der Waals surface area contributed by atoms with Crippen molar-refractivity contribution < 1.29 is 19.1 Å². The fraction of sp³-hybridized carbons (Fsp3) is 0.714. The van der Waals surface area contributed by atoms with Crippen molar-refractivity contribution in [3.05, 3.63) is 0 Å². The van der Waals surface area contributed by atoms with Crippen LogP contribution in [0.4, 0.5) is 0 Å². The number of nitrogens with zero attached hydrogens (tertiary/aromatic N) is 2. The maximum atomic E-state index is 12.3. The van der Waals surface area contributed by atoms with Crippen molar-refractivity contribution in [2.45, 2.75) is 37.9 Å². The highest BCUT2D eigenvalue weighted by Crippen LogP contribution is 2.29. The average Bonchev–Trinajstić information content (AvgIpc) is 2.51. The zero-order valence-electron chi connectivity index (χ0n) is 12.8. The molecule has 7 nitrogen and oxygen atoms in total. The Morgan fingerprint density at radius 2 is 2.00 bits per heavy atom. The van der Waals surface area contributed by atoms with Gasteiger partial charge in [-0.3, -0.25) is 9.59 Å². The Kier molecular flexibility index (Phi) is 6.10. The summed E-state index contributed by atoms with van der Waals surface area (Å²) in [5.41, 5.74) is 5.55. The second kappa shape index (κ2) is 7.85. The summed E-state index contributed by atoms with van der Waals surface area (Å²) in [4.78, 5) is 31.4. The zero-order valence-corrected chi connectivity index (χ0v) is 13.6. The maximum absolute atomic E-state index is 12.3. The zero-order chi connectivity index (χ0) is 16.1. The number of amidine groups is 2. The Morgan fingerprint density at radius 1 is 1.27 bits per heavy atom. The molecule has 2 N–H and O–H groups in total. The van der Waals surface area contributed by atoms with E-state index in [4.69, 9.17) is 15.2 Å². The van der Waals surface area contributed by atoms with Gasteiger partial charge in [0.25, 0.3) is 5.91 Å². The first-order chi connectivity index (χ1) is 10.5. The molecule has 122 valence electrons. The standard InChI is InChI=1S/C14H21N3O4S/c1-20-10-4-3-8(5-11(10)21-2)9(18)7-22-14-16-12(15)6-13(19)17-14/h8,10-11H,3-7H2,1-2H3,(H2,15,16,17,19). The number of hydrogen-bond donors (Lipinski definition) is 1. The van der Waals surface area contributed by atoms with Crippen molar-refractivity contribution in [3.8, 4) is 0 Å². The summed E-state index contributed by atoms with van der Waals surface area (Å²) >= 11 is 1.16. The van der Waals surface area contributed by atoms with E-state index in [2.05, 4.69) is 9.98 Å². The van der Waals surface area contributed by atoms with Crippen LogP contribution in [0.15, 0.2) is 9.98 Å². The average molecular weight is 327 g/mol. The summed E-state index contributed by atoms with van der Waals surface area (Å²) in [6.45, 7) is 0. The van der Waals surface area contributed by atoms with Crippen molar-refractivity contribution >= 4 is 34.5 Å². The third-order valence-electron chi connectivity index (χ3n) is 3.93. The molecular weight excluding hydrogens is 306 g/mol. The van der Waals surface area contributed by atoms with E-state index < -0.39 is 0 Å². The van der Waals surface area contributed by atoms with E-state index in [0.29, 0.717) is 6.42 Å². The molecule has 3 atom stereocenters. The lowest BCUT2D eigenvalue weighted by molar-refractivity contribution is -0.127. The van der Waals surface area contributed by atoms with E-state index >= 15 is 0 Å². The summed E-state index contributed by atoms with van der Waals surface area (Å²) in [5, 5.41) is 0.274. The summed E-state index contributed by atoms with van der Waals surface area (Å²) in [7, 11) is 3.30. The van der Waals surface area contributed by atoms with Crippen LogP contribution in [0.2, 0.25) is 0 Å². The largest absolute Gasteiger partial charge is 0.387 e. The Labute approximate surface area is 133 Å². The fourth-order valence-electron chi connectivity index (χ4n) is 2.72. The fourth-order valence-corrected chi connectivity index (χ4v) is 3.57. The first kappa shape index (κ1) is 17.1. The quantitative estimate of drug-likeness (QED) is 0.799. The molecule has 1 amide bonds. The van der Waals surface area contributed by atoms with Crippen LogP contribution in [-0.4, -0.2) is 54.9 Å². The molecule has 0 radical (unpaired) electrons. The molecule has 8 heteroatoms. The third kappa shape index (κ3) is 4.37. The molecule has 3 unspecified atom stereocenters. The van der Waals surface area contributed by atoms with Gasteiger partial charge < -0.3 is 15.2 Å². The van der Waals surface area contributed by atoms with Crippen molar-refractivity contribution in [1.29, 1.82) is 0 Å². The molecule has 0 bridgehead atoms. The predicted octanol–water partition coefficient (Wildman–Crippen LogP) is 0.762. The van der Waals surface area contributed by atoms with Crippen LogP contribution < -0.4 is 5.73 Å². The lowest BCUT2D eigenvalue weighted by atomic mass is 9.83. The number of thioether (sulfide) groups is 1. The van der Waals surface area contributed by atoms with Gasteiger partial charge in [-0.15, -0.1) is 0 Å². The van der Waals surface area contributed by atoms with Gasteiger partial charge in [-0.1, -0.05) is 11.8 Å². The lowest BCUT2D eigenvalue weighted by Gasteiger charge is -2.33. The first-order valence-corrected chi connectivity index (χ1v) is 8.17. The summed E-state index contributed by atoms with van der Waals surface area (Å²) < 4.78 is 10.8. The minimum Gasteiger partial charge on any atom is -0.387 e. The number of ketones is 1. The molecule has 0 saturated heterocycles. The normalized spacial score (nSPS) is 29.0. The van der Waals surface area contributed by atoms with Crippen LogP contribution in [0.1, 0.15) is 25.7 Å². The predicted molar refractivity (Wildman–Crippen MR) is 85.1 cm³/mol. The number of hydrogen-bond acceptors (Lipinski definition) is 7. The van der Waals surface area contributed by atoms with E-state index in [1.165, 1.54) is 0 Å². The van der Waals surface area contributed by atoms with E-state index in [0.717, 1.165) is 24.6 Å². The van der Waals surface area contributed by atoms with Crippen LogP contribution in [0.25, 0.3) is 0 Å². The Morgan fingerprint density at radius 3 is 2.64 bits per heavy atom. The van der Waals surface area contributed by atoms with E-state index in [1.807, 2.05) is 0 Å². The van der Waals surface area contributed by atoms with Gasteiger partial charge in [-0.05, 0) is 19.3 Å². The number of carbonyl (C=O) groups excluding carboxylic acids is 2. The SMILES string of the molecule is COC1CCC(C(=O)CSC2=NC(=O)CC(N)=N2)CC1OC. The molecule has 1 saturated carbocycles. The molecular formula is C14H21N3O4S. The van der Waals surface area contributed by atoms with Gasteiger partial charge in [0.05, 0.1) is 24.4 Å². The van der Waals surface area contributed by atoms with Crippen LogP contribution in [0.5, 0.6) is 0 Å². The molecule has 22 heavy (non-hydrogen) atoms. The van der Waals surface area contributed by atoms with Crippen LogP contribution >= 0.6 is 11.8 Å². The number of rotatable bonds is 5. The van der Waals surface area contributed by atoms with Gasteiger partial charge in [0, 0.05) is 20.1 Å². The molecule has 0 aromatic heterocycles. The first-order valence-electron chi connectivity index (χ1n) is 7.19. The molecule has 2 rings (SSSR count).